The van der Waals surface area contributed by atoms with E-state index in [9.17, 15) is 14.9 Å². The molecule has 0 heterocycles. The Morgan fingerprint density at radius 3 is 2.30 bits per heavy atom. The van der Waals surface area contributed by atoms with Gasteiger partial charge in [-0.3, -0.25) is 10.1 Å². The molecule has 0 amide bonds. The average molecular weight is 145 g/mol. The summed E-state index contributed by atoms with van der Waals surface area (Å²) >= 11 is 0. The van der Waals surface area contributed by atoms with Crippen molar-refractivity contribution in [3.05, 3.63) is 21.9 Å². The zero-order chi connectivity index (χ0) is 8.15. The lowest BCUT2D eigenvalue weighted by Crippen LogP contribution is -2.12. The number of carbonyl (C=O) groups is 1. The number of methoxy groups -OCH3 is 1. The van der Waals surface area contributed by atoms with Crippen molar-refractivity contribution in [1.82, 2.24) is 0 Å². The molecule has 0 fully saturated rings. The fourth-order valence-corrected chi connectivity index (χ4v) is 0.402. The molecule has 0 aromatic carbocycles. The van der Waals surface area contributed by atoms with Crippen LogP contribution in [0.1, 0.15) is 6.92 Å². The Balaban J connectivity index is 4.39. The Morgan fingerprint density at radius 2 is 2.20 bits per heavy atom. The molecule has 10 heavy (non-hydrogen) atoms. The third-order valence-electron chi connectivity index (χ3n) is 0.865. The first kappa shape index (κ1) is 8.61. The van der Waals surface area contributed by atoms with E-state index in [-0.39, 0.29) is 0 Å². The van der Waals surface area contributed by atoms with Gasteiger partial charge in [-0.1, -0.05) is 0 Å². The van der Waals surface area contributed by atoms with Crippen molar-refractivity contribution in [3.63, 3.8) is 0 Å². The summed E-state index contributed by atoms with van der Waals surface area (Å²) in [5.74, 6) is -0.924. The summed E-state index contributed by atoms with van der Waals surface area (Å²) < 4.78 is 4.12. The van der Waals surface area contributed by atoms with Crippen molar-refractivity contribution >= 4 is 5.97 Å². The van der Waals surface area contributed by atoms with E-state index in [1.807, 2.05) is 0 Å². The molecule has 0 aromatic heterocycles. The molecular formula is C5H7NO4. The minimum atomic E-state index is -0.924. The largest absolute Gasteiger partial charge is 0.461 e. The predicted molar refractivity (Wildman–Crippen MR) is 32.8 cm³/mol. The van der Waals surface area contributed by atoms with E-state index in [1.54, 1.807) is 0 Å². The van der Waals surface area contributed by atoms with Crippen LogP contribution in [0.2, 0.25) is 0 Å². The number of nitro groups is 1. The van der Waals surface area contributed by atoms with Gasteiger partial charge in [0, 0.05) is 0 Å². The van der Waals surface area contributed by atoms with Crippen LogP contribution in [0.4, 0.5) is 0 Å². The number of esters is 1. The van der Waals surface area contributed by atoms with E-state index in [2.05, 4.69) is 4.74 Å². The van der Waals surface area contributed by atoms with Crippen molar-refractivity contribution in [2.45, 2.75) is 6.92 Å². The smallest absolute Gasteiger partial charge is 0.409 e. The molecule has 0 atom stereocenters. The quantitative estimate of drug-likeness (QED) is 0.243. The maximum absolute atomic E-state index is 10.5. The molecule has 0 bridgehead atoms. The van der Waals surface area contributed by atoms with Crippen molar-refractivity contribution < 1.29 is 14.5 Å². The van der Waals surface area contributed by atoms with Crippen LogP contribution in [0.15, 0.2) is 11.8 Å². The van der Waals surface area contributed by atoms with Gasteiger partial charge in [-0.05, 0) is 13.0 Å². The van der Waals surface area contributed by atoms with Gasteiger partial charge >= 0.3 is 11.7 Å². The summed E-state index contributed by atoms with van der Waals surface area (Å²) in [6.07, 6.45) is 1.09. The minimum Gasteiger partial charge on any atom is -0.461 e. The van der Waals surface area contributed by atoms with Gasteiger partial charge in [0.2, 0.25) is 0 Å². The molecule has 56 valence electrons. The number of nitrogens with zero attached hydrogens (tertiary/aromatic N) is 1. The average Bonchev–Trinajstić information content (AvgIpc) is 1.88. The standard InChI is InChI=1S/C5H7NO4/c1-3-4(6(8)9)5(7)10-2/h3H,1-2H3. The first-order valence-electron chi connectivity index (χ1n) is 2.52. The number of hydrogen-bond acceptors (Lipinski definition) is 4. The van der Waals surface area contributed by atoms with Crippen LogP contribution in [0.25, 0.3) is 0 Å². The highest BCUT2D eigenvalue weighted by molar-refractivity contribution is 5.85. The molecular weight excluding hydrogens is 138 g/mol. The van der Waals surface area contributed by atoms with E-state index < -0.39 is 16.6 Å². The summed E-state index contributed by atoms with van der Waals surface area (Å²) in [5.41, 5.74) is -0.539. The van der Waals surface area contributed by atoms with Crippen molar-refractivity contribution in [2.75, 3.05) is 7.11 Å². The van der Waals surface area contributed by atoms with Gasteiger partial charge in [0.1, 0.15) is 0 Å². The molecule has 0 unspecified atom stereocenters. The fourth-order valence-electron chi connectivity index (χ4n) is 0.402. The van der Waals surface area contributed by atoms with Gasteiger partial charge in [-0.2, -0.15) is 0 Å². The molecule has 0 aromatic rings. The molecule has 0 saturated carbocycles. The minimum absolute atomic E-state index is 0.539. The summed E-state index contributed by atoms with van der Waals surface area (Å²) in [6.45, 7) is 1.40. The number of ether oxygens (including phenoxy) is 1. The molecule has 0 radical (unpaired) electrons. The number of allylic oxidation sites excluding steroid dienone is 1. The van der Waals surface area contributed by atoms with Crippen LogP contribution < -0.4 is 0 Å². The van der Waals surface area contributed by atoms with Gasteiger partial charge in [-0.15, -0.1) is 0 Å². The zero-order valence-corrected chi connectivity index (χ0v) is 5.66. The van der Waals surface area contributed by atoms with Gasteiger partial charge in [0.25, 0.3) is 0 Å². The SMILES string of the molecule is CC=C(C(=O)OC)[N+](=O)[O-]. The lowest BCUT2D eigenvalue weighted by atomic mass is 10.4. The van der Waals surface area contributed by atoms with Crippen LogP contribution in [0, 0.1) is 10.1 Å². The second kappa shape index (κ2) is 3.60. The summed E-state index contributed by atoms with van der Waals surface area (Å²) in [5, 5.41) is 9.97. The number of carbonyl (C=O) groups excluding carboxylic acids is 1. The zero-order valence-electron chi connectivity index (χ0n) is 5.66. The van der Waals surface area contributed by atoms with Crippen LogP contribution in [0.3, 0.4) is 0 Å². The first-order chi connectivity index (χ1) is 4.63. The Hall–Kier alpha value is -1.39. The lowest BCUT2D eigenvalue weighted by molar-refractivity contribution is -0.421. The Kier molecular flexibility index (Phi) is 3.10. The van der Waals surface area contributed by atoms with E-state index >= 15 is 0 Å². The highest BCUT2D eigenvalue weighted by Gasteiger charge is 2.20. The third kappa shape index (κ3) is 1.85. The summed E-state index contributed by atoms with van der Waals surface area (Å²) in [6, 6.07) is 0. The maximum atomic E-state index is 10.5. The molecule has 0 spiro atoms. The van der Waals surface area contributed by atoms with E-state index in [1.165, 1.54) is 6.92 Å². The second-order valence-electron chi connectivity index (χ2n) is 1.42. The molecule has 5 nitrogen and oxygen atoms in total. The Morgan fingerprint density at radius 1 is 1.70 bits per heavy atom. The summed E-state index contributed by atoms with van der Waals surface area (Å²) in [4.78, 5) is 19.6. The first-order valence-corrected chi connectivity index (χ1v) is 2.52. The van der Waals surface area contributed by atoms with Gasteiger partial charge < -0.3 is 4.74 Å². The molecule has 0 aliphatic heterocycles. The highest BCUT2D eigenvalue weighted by Crippen LogP contribution is 1.96. The summed E-state index contributed by atoms with van der Waals surface area (Å²) in [7, 11) is 1.09. The normalized spacial score (nSPS) is 10.8. The van der Waals surface area contributed by atoms with E-state index in [4.69, 9.17) is 0 Å². The molecule has 0 rings (SSSR count). The maximum Gasteiger partial charge on any atom is 0.409 e. The number of rotatable bonds is 2. The highest BCUT2D eigenvalue weighted by atomic mass is 16.6. The van der Waals surface area contributed by atoms with Crippen LogP contribution in [-0.4, -0.2) is 18.0 Å². The molecule has 0 aliphatic rings. The molecule has 0 N–H and O–H groups in total. The van der Waals surface area contributed by atoms with Crippen LogP contribution in [-0.2, 0) is 9.53 Å². The van der Waals surface area contributed by atoms with Crippen LogP contribution in [0.5, 0.6) is 0 Å². The van der Waals surface area contributed by atoms with Gasteiger partial charge in [0.15, 0.2) is 0 Å². The van der Waals surface area contributed by atoms with Crippen LogP contribution >= 0.6 is 0 Å². The van der Waals surface area contributed by atoms with Crippen molar-refractivity contribution in [2.24, 2.45) is 0 Å². The predicted octanol–water partition coefficient (Wildman–Crippen LogP) is 0.340. The van der Waals surface area contributed by atoms with Crippen molar-refractivity contribution in [3.8, 4) is 0 Å². The lowest BCUT2D eigenvalue weighted by Gasteiger charge is -1.92. The molecule has 5 heteroatoms. The third-order valence-corrected chi connectivity index (χ3v) is 0.865. The molecule has 0 saturated heterocycles. The van der Waals surface area contributed by atoms with Gasteiger partial charge in [0.05, 0.1) is 12.0 Å². The Bertz CT molecular complexity index is 184. The Labute approximate surface area is 57.4 Å². The molecule has 0 aliphatic carbocycles. The number of hydrogen-bond donors (Lipinski definition) is 0. The van der Waals surface area contributed by atoms with Gasteiger partial charge in [-0.25, -0.2) is 4.79 Å². The second-order valence-corrected chi connectivity index (χ2v) is 1.42. The fraction of sp³-hybridized carbons (Fsp3) is 0.400. The monoisotopic (exact) mass is 145 g/mol. The van der Waals surface area contributed by atoms with E-state index in [0.717, 1.165) is 13.2 Å². The van der Waals surface area contributed by atoms with E-state index in [0.29, 0.717) is 0 Å². The van der Waals surface area contributed by atoms with Crippen molar-refractivity contribution in [1.29, 1.82) is 0 Å². The topological polar surface area (TPSA) is 69.4 Å².